The van der Waals surface area contributed by atoms with Crippen molar-refractivity contribution in [2.75, 3.05) is 31.1 Å². The van der Waals surface area contributed by atoms with Crippen molar-refractivity contribution in [2.24, 2.45) is 0 Å². The summed E-state index contributed by atoms with van der Waals surface area (Å²) in [6.45, 7) is 8.21. The zero-order chi connectivity index (χ0) is 20.6. The molecule has 154 valence electrons. The van der Waals surface area contributed by atoms with Crippen LogP contribution < -0.4 is 19.9 Å². The second-order valence-corrected chi connectivity index (χ2v) is 7.23. The largest absolute Gasteiger partial charge is 0.491 e. The monoisotopic (exact) mass is 396 g/mol. The summed E-state index contributed by atoms with van der Waals surface area (Å²) >= 11 is 0. The number of nitrogens with one attached hydrogen (secondary N) is 2. The van der Waals surface area contributed by atoms with Crippen LogP contribution >= 0.6 is 0 Å². The number of anilines is 1. The molecule has 1 aliphatic heterocycles. The lowest BCUT2D eigenvalue weighted by molar-refractivity contribution is -0.910. The fourth-order valence-electron chi connectivity index (χ4n) is 3.56. The number of fused-ring (bicyclic) bond motifs is 1. The molecule has 6 heteroatoms. The first-order chi connectivity index (χ1) is 14.1. The Balaban J connectivity index is 1.66. The summed E-state index contributed by atoms with van der Waals surface area (Å²) in [5.41, 5.74) is 3.01. The molecular formula is C23H30N3O3+. The number of hydrogen-bond donors (Lipinski definition) is 2. The van der Waals surface area contributed by atoms with Crippen molar-refractivity contribution in [2.45, 2.75) is 33.4 Å². The Bertz CT molecular complexity index is 849. The van der Waals surface area contributed by atoms with Gasteiger partial charge in [0.25, 0.3) is 0 Å². The second-order valence-electron chi connectivity index (χ2n) is 7.23. The number of carbonyl (C=O) groups is 2. The lowest BCUT2D eigenvalue weighted by Crippen LogP contribution is -3.10. The molecule has 29 heavy (non-hydrogen) atoms. The van der Waals surface area contributed by atoms with E-state index in [0.29, 0.717) is 24.6 Å². The first-order valence-electron chi connectivity index (χ1n) is 10.3. The summed E-state index contributed by atoms with van der Waals surface area (Å²) in [5.74, 6) is 0.356. The predicted octanol–water partition coefficient (Wildman–Crippen LogP) is 1.54. The van der Waals surface area contributed by atoms with Crippen LogP contribution in [0.5, 0.6) is 5.75 Å². The molecule has 1 aliphatic rings. The highest BCUT2D eigenvalue weighted by Gasteiger charge is 2.25. The minimum atomic E-state index is -0.181. The van der Waals surface area contributed by atoms with Crippen molar-refractivity contribution in [3.05, 3.63) is 59.7 Å². The average molecular weight is 397 g/mol. The van der Waals surface area contributed by atoms with Crippen molar-refractivity contribution in [3.8, 4) is 5.75 Å². The molecular weight excluding hydrogens is 366 g/mol. The molecule has 0 aromatic heterocycles. The molecule has 0 saturated heterocycles. The van der Waals surface area contributed by atoms with Crippen molar-refractivity contribution in [3.63, 3.8) is 0 Å². The molecule has 0 spiro atoms. The number of carbonyl (C=O) groups excluding carboxylic acids is 2. The summed E-state index contributed by atoms with van der Waals surface area (Å²) < 4.78 is 5.64. The Hall–Kier alpha value is -2.86. The standard InChI is InChI=1S/C23H29N3O3/c1-3-25(4-2)16-19-10-6-5-9-18(19)15-24-22(27)17-26-20-11-7-8-12-21(20)29-14-13-23(26)28/h5-12H,3-4,13-17H2,1-2H3,(H,24,27)/p+1. The molecule has 1 heterocycles. The minimum absolute atomic E-state index is 0.0112. The van der Waals surface area contributed by atoms with Gasteiger partial charge in [0.1, 0.15) is 18.8 Å². The van der Waals surface area contributed by atoms with E-state index in [2.05, 4.69) is 31.3 Å². The van der Waals surface area contributed by atoms with Crippen LogP contribution in [-0.4, -0.2) is 38.1 Å². The zero-order valence-electron chi connectivity index (χ0n) is 17.2. The van der Waals surface area contributed by atoms with Crippen LogP contribution in [0.15, 0.2) is 48.5 Å². The third kappa shape index (κ3) is 5.35. The lowest BCUT2D eigenvalue weighted by Gasteiger charge is -2.22. The first-order valence-corrected chi connectivity index (χ1v) is 10.3. The molecule has 0 saturated carbocycles. The van der Waals surface area contributed by atoms with E-state index in [9.17, 15) is 9.59 Å². The summed E-state index contributed by atoms with van der Waals surface area (Å²) in [5, 5.41) is 2.98. The summed E-state index contributed by atoms with van der Waals surface area (Å²) in [4.78, 5) is 28.2. The molecule has 2 N–H and O–H groups in total. The van der Waals surface area contributed by atoms with Gasteiger partial charge < -0.3 is 15.0 Å². The average Bonchev–Trinajstić information content (AvgIpc) is 2.90. The van der Waals surface area contributed by atoms with Gasteiger partial charge in [-0.25, -0.2) is 0 Å². The fourth-order valence-corrected chi connectivity index (χ4v) is 3.56. The van der Waals surface area contributed by atoms with Crippen molar-refractivity contribution in [1.82, 2.24) is 5.32 Å². The van der Waals surface area contributed by atoms with Crippen LogP contribution in [0, 0.1) is 0 Å². The molecule has 0 radical (unpaired) electrons. The molecule has 3 rings (SSSR count). The van der Waals surface area contributed by atoms with Crippen LogP contribution in [0.4, 0.5) is 5.69 Å². The van der Waals surface area contributed by atoms with Gasteiger partial charge in [0.2, 0.25) is 11.8 Å². The highest BCUT2D eigenvalue weighted by molar-refractivity contribution is 6.00. The number of nitrogens with zero attached hydrogens (tertiary/aromatic N) is 1. The highest BCUT2D eigenvalue weighted by Crippen LogP contribution is 2.30. The topological polar surface area (TPSA) is 63.1 Å². The first kappa shape index (κ1) is 20.9. The van der Waals surface area contributed by atoms with Crippen molar-refractivity contribution in [1.29, 1.82) is 0 Å². The highest BCUT2D eigenvalue weighted by atomic mass is 16.5. The number of para-hydroxylation sites is 2. The smallest absolute Gasteiger partial charge is 0.240 e. The van der Waals surface area contributed by atoms with E-state index in [1.165, 1.54) is 15.4 Å². The molecule has 2 aromatic rings. The van der Waals surface area contributed by atoms with Crippen LogP contribution in [0.2, 0.25) is 0 Å². The van der Waals surface area contributed by atoms with Gasteiger partial charge in [0, 0.05) is 12.1 Å². The second kappa shape index (κ2) is 10.1. The van der Waals surface area contributed by atoms with E-state index >= 15 is 0 Å². The maximum atomic E-state index is 12.6. The van der Waals surface area contributed by atoms with Gasteiger partial charge in [0.15, 0.2) is 0 Å². The van der Waals surface area contributed by atoms with Gasteiger partial charge in [0.05, 0.1) is 31.8 Å². The Labute approximate surface area is 172 Å². The fraction of sp³-hybridized carbons (Fsp3) is 0.391. The Morgan fingerprint density at radius 1 is 1.07 bits per heavy atom. The van der Waals surface area contributed by atoms with E-state index in [1.54, 1.807) is 0 Å². The number of hydrogen-bond acceptors (Lipinski definition) is 3. The molecule has 2 aromatic carbocycles. The number of benzene rings is 2. The summed E-state index contributed by atoms with van der Waals surface area (Å²) in [6, 6.07) is 15.6. The number of rotatable bonds is 8. The molecule has 6 nitrogen and oxygen atoms in total. The Morgan fingerprint density at radius 3 is 2.52 bits per heavy atom. The van der Waals surface area contributed by atoms with Crippen molar-refractivity contribution >= 4 is 17.5 Å². The Kier molecular flexibility index (Phi) is 7.25. The Morgan fingerprint density at radius 2 is 1.76 bits per heavy atom. The predicted molar refractivity (Wildman–Crippen MR) is 113 cm³/mol. The molecule has 0 aliphatic carbocycles. The molecule has 0 atom stereocenters. The van der Waals surface area contributed by atoms with E-state index in [0.717, 1.165) is 25.2 Å². The van der Waals surface area contributed by atoms with Gasteiger partial charge in [-0.2, -0.15) is 0 Å². The maximum Gasteiger partial charge on any atom is 0.240 e. The van der Waals surface area contributed by atoms with Gasteiger partial charge in [-0.05, 0) is 31.5 Å². The van der Waals surface area contributed by atoms with E-state index < -0.39 is 0 Å². The maximum absolute atomic E-state index is 12.6. The quantitative estimate of drug-likeness (QED) is 0.712. The SMILES string of the molecule is CC[NH+](CC)Cc1ccccc1CNC(=O)CN1C(=O)CCOc2ccccc21. The van der Waals surface area contributed by atoms with Gasteiger partial charge in [-0.1, -0.05) is 36.4 Å². The molecule has 2 amide bonds. The number of quaternary nitrogens is 1. The van der Waals surface area contributed by atoms with Gasteiger partial charge in [-0.15, -0.1) is 0 Å². The molecule has 0 fully saturated rings. The van der Waals surface area contributed by atoms with E-state index in [4.69, 9.17) is 4.74 Å². The number of ether oxygens (including phenoxy) is 1. The lowest BCUT2D eigenvalue weighted by atomic mass is 10.1. The van der Waals surface area contributed by atoms with Crippen molar-refractivity contribution < 1.29 is 19.2 Å². The third-order valence-electron chi connectivity index (χ3n) is 5.37. The van der Waals surface area contributed by atoms with Crippen LogP contribution in [-0.2, 0) is 22.7 Å². The number of amides is 2. The summed E-state index contributed by atoms with van der Waals surface area (Å²) in [7, 11) is 0. The third-order valence-corrected chi connectivity index (χ3v) is 5.37. The minimum Gasteiger partial charge on any atom is -0.491 e. The van der Waals surface area contributed by atoms with Crippen LogP contribution in [0.1, 0.15) is 31.4 Å². The van der Waals surface area contributed by atoms with Gasteiger partial charge in [-0.3, -0.25) is 14.5 Å². The van der Waals surface area contributed by atoms with Crippen LogP contribution in [0.3, 0.4) is 0 Å². The van der Waals surface area contributed by atoms with E-state index in [1.807, 2.05) is 36.4 Å². The summed E-state index contributed by atoms with van der Waals surface area (Å²) in [6.07, 6.45) is 0.261. The van der Waals surface area contributed by atoms with Gasteiger partial charge >= 0.3 is 0 Å². The zero-order valence-corrected chi connectivity index (χ0v) is 17.2. The molecule has 0 bridgehead atoms. The van der Waals surface area contributed by atoms with Crippen LogP contribution in [0.25, 0.3) is 0 Å². The van der Waals surface area contributed by atoms with E-state index in [-0.39, 0.29) is 24.8 Å². The molecule has 0 unspecified atom stereocenters. The normalized spacial score (nSPS) is 13.6.